The summed E-state index contributed by atoms with van der Waals surface area (Å²) in [6.07, 6.45) is -43.8. The lowest BCUT2D eigenvalue weighted by Gasteiger charge is -2.52. The van der Waals surface area contributed by atoms with Crippen molar-refractivity contribution in [3.05, 3.63) is 0 Å². The number of nitrogens with one attached hydrogen (secondary N) is 2. The van der Waals surface area contributed by atoms with Crippen LogP contribution in [0.25, 0.3) is 0 Å². The molecule has 0 radical (unpaired) electrons. The molecule has 17 N–H and O–H groups in total. The molecular formula is C38H64N2O28. The third-order valence-electron chi connectivity index (χ3n) is 12.0. The first-order valence-electron chi connectivity index (χ1n) is 21.6. The molecule has 25 atom stereocenters. The second-order valence-corrected chi connectivity index (χ2v) is 16.8. The molecule has 0 aromatic rings. The average molecular weight is 997 g/mol. The molecule has 5 rings (SSSR count). The van der Waals surface area contributed by atoms with E-state index < -0.39 is 210 Å². The Morgan fingerprint density at radius 1 is 0.632 bits per heavy atom. The van der Waals surface area contributed by atoms with E-state index in [2.05, 4.69) is 10.6 Å². The molecule has 0 unspecified atom stereocenters. The van der Waals surface area contributed by atoms with Crippen molar-refractivity contribution in [3.8, 4) is 0 Å². The maximum Gasteiger partial charge on any atom is 0.364 e. The highest BCUT2D eigenvalue weighted by molar-refractivity contribution is 5.76. The Kier molecular flexibility index (Phi) is 20.1. The predicted octanol–water partition coefficient (Wildman–Crippen LogP) is -10.7. The van der Waals surface area contributed by atoms with Crippen LogP contribution in [0, 0.1) is 0 Å². The lowest BCUT2D eigenvalue weighted by atomic mass is 9.88. The van der Waals surface area contributed by atoms with Crippen LogP contribution in [0.3, 0.4) is 0 Å². The fourth-order valence-electron chi connectivity index (χ4n) is 8.53. The lowest BCUT2D eigenvalue weighted by Crippen LogP contribution is -2.72. The highest BCUT2D eigenvalue weighted by Crippen LogP contribution is 2.40. The van der Waals surface area contributed by atoms with Gasteiger partial charge >= 0.3 is 5.97 Å². The van der Waals surface area contributed by atoms with Gasteiger partial charge < -0.3 is 135 Å². The topological polar surface area (TPSA) is 471 Å². The van der Waals surface area contributed by atoms with Crippen LogP contribution in [0.4, 0.5) is 0 Å². The monoisotopic (exact) mass is 996 g/mol. The van der Waals surface area contributed by atoms with E-state index in [0.29, 0.717) is 0 Å². The van der Waals surface area contributed by atoms with Gasteiger partial charge in [-0.3, -0.25) is 9.59 Å². The molecule has 5 aliphatic rings. The van der Waals surface area contributed by atoms with Gasteiger partial charge in [0.2, 0.25) is 11.8 Å². The second-order valence-electron chi connectivity index (χ2n) is 16.8. The number of carbonyl (C=O) groups excluding carboxylic acids is 2. The number of carbonyl (C=O) groups is 3. The summed E-state index contributed by atoms with van der Waals surface area (Å²) >= 11 is 0. The van der Waals surface area contributed by atoms with Crippen molar-refractivity contribution in [2.45, 2.75) is 180 Å². The molecule has 0 bridgehead atoms. The van der Waals surface area contributed by atoms with Crippen LogP contribution in [-0.4, -0.2) is 287 Å². The molecule has 0 aromatic carbocycles. The molecule has 30 heteroatoms. The van der Waals surface area contributed by atoms with Crippen LogP contribution in [0.2, 0.25) is 0 Å². The standard InChI is InChI=1S/C38H64N2O28/c1-4-59-35-26(55)31(23(52)16(7-42)61-35)66-33-20(40-12(3)46)30(65-34-25(54)21(50)15(49)10-60-34)28(18(9-44)63-33)64-36-27(56)32(24(53)17(8-43)62-36)68-38(37(57)58)5-13(47)19(39-11(2)45)29(67-38)22(51)14(48)6-41/h13-36,41-44,47-56H,4-10H2,1-3H3,(H,39,45)(H,40,46)(H,57,58)/t13-,14+,15+,16+,17+,18+,19+,20+,21+,22-,23-,24-,25-,26+,27+,28+,29+,30+,31-,32-,33-,34-,35+,36-,38-/m0/s1. The van der Waals surface area contributed by atoms with Crippen molar-refractivity contribution in [2.75, 3.05) is 39.6 Å². The van der Waals surface area contributed by atoms with Gasteiger partial charge in [0.05, 0.1) is 45.2 Å². The maximum absolute atomic E-state index is 13.1. The van der Waals surface area contributed by atoms with Crippen molar-refractivity contribution < 1.29 is 138 Å². The first-order valence-corrected chi connectivity index (χ1v) is 21.6. The molecule has 68 heavy (non-hydrogen) atoms. The van der Waals surface area contributed by atoms with Crippen molar-refractivity contribution in [1.29, 1.82) is 0 Å². The zero-order valence-electron chi connectivity index (χ0n) is 36.8. The van der Waals surface area contributed by atoms with E-state index in [9.17, 15) is 91.0 Å². The van der Waals surface area contributed by atoms with Crippen LogP contribution < -0.4 is 10.6 Å². The summed E-state index contributed by atoms with van der Waals surface area (Å²) < 4.78 is 57.7. The van der Waals surface area contributed by atoms with E-state index >= 15 is 0 Å². The number of amides is 2. The number of aliphatic hydroxyl groups excluding tert-OH is 14. The Hall–Kier alpha value is -2.55. The summed E-state index contributed by atoms with van der Waals surface area (Å²) in [6.45, 7) is -1.24. The van der Waals surface area contributed by atoms with E-state index in [0.717, 1.165) is 13.8 Å². The van der Waals surface area contributed by atoms with Gasteiger partial charge in [-0.2, -0.15) is 0 Å². The van der Waals surface area contributed by atoms with Gasteiger partial charge in [0.25, 0.3) is 5.79 Å². The Labute approximate surface area is 386 Å². The number of hydrogen-bond acceptors (Lipinski definition) is 27. The van der Waals surface area contributed by atoms with E-state index in [1.165, 1.54) is 0 Å². The zero-order chi connectivity index (χ0) is 50.5. The number of aliphatic hydroxyl groups is 14. The predicted molar refractivity (Wildman–Crippen MR) is 210 cm³/mol. The summed E-state index contributed by atoms with van der Waals surface area (Å²) in [5.41, 5.74) is 0. The third kappa shape index (κ3) is 12.2. The van der Waals surface area contributed by atoms with Crippen LogP contribution >= 0.6 is 0 Å². The summed E-state index contributed by atoms with van der Waals surface area (Å²) in [7, 11) is 0. The number of carboxylic acid groups (broad SMARTS) is 1. The van der Waals surface area contributed by atoms with E-state index in [1.807, 2.05) is 0 Å². The Morgan fingerprint density at radius 2 is 1.16 bits per heavy atom. The Bertz CT molecular complexity index is 1640. The van der Waals surface area contributed by atoms with Crippen molar-refractivity contribution in [1.82, 2.24) is 10.6 Å². The number of carboxylic acids is 1. The molecular weight excluding hydrogens is 932 g/mol. The number of hydrogen-bond donors (Lipinski definition) is 17. The summed E-state index contributed by atoms with van der Waals surface area (Å²) in [6, 6.07) is -3.42. The highest BCUT2D eigenvalue weighted by Gasteiger charge is 2.61. The van der Waals surface area contributed by atoms with Crippen LogP contribution in [0.5, 0.6) is 0 Å². The van der Waals surface area contributed by atoms with Crippen molar-refractivity contribution >= 4 is 17.8 Å². The highest BCUT2D eigenvalue weighted by atomic mass is 16.8. The van der Waals surface area contributed by atoms with Gasteiger partial charge in [0, 0.05) is 26.9 Å². The van der Waals surface area contributed by atoms with E-state index in [4.69, 9.17) is 47.4 Å². The largest absolute Gasteiger partial charge is 0.477 e. The fourth-order valence-corrected chi connectivity index (χ4v) is 8.53. The summed E-state index contributed by atoms with van der Waals surface area (Å²) in [5.74, 6) is -6.92. The normalized spacial score (nSPS) is 45.5. The zero-order valence-corrected chi connectivity index (χ0v) is 36.8. The van der Waals surface area contributed by atoms with Gasteiger partial charge in [0.1, 0.15) is 110 Å². The molecule has 0 saturated carbocycles. The van der Waals surface area contributed by atoms with Gasteiger partial charge in [-0.15, -0.1) is 0 Å². The van der Waals surface area contributed by atoms with Crippen molar-refractivity contribution in [2.24, 2.45) is 0 Å². The molecule has 5 fully saturated rings. The first-order chi connectivity index (χ1) is 32.1. The van der Waals surface area contributed by atoms with Crippen LogP contribution in [0.15, 0.2) is 0 Å². The number of ether oxygens (including phenoxy) is 10. The van der Waals surface area contributed by atoms with Crippen LogP contribution in [-0.2, 0) is 61.8 Å². The smallest absolute Gasteiger partial charge is 0.364 e. The van der Waals surface area contributed by atoms with Gasteiger partial charge in [-0.05, 0) is 6.92 Å². The molecule has 30 nitrogen and oxygen atoms in total. The molecule has 5 heterocycles. The second kappa shape index (κ2) is 24.2. The van der Waals surface area contributed by atoms with E-state index in [-0.39, 0.29) is 6.61 Å². The molecule has 0 spiro atoms. The molecule has 394 valence electrons. The first kappa shape index (κ1) is 56.4. The third-order valence-corrected chi connectivity index (χ3v) is 12.0. The SMILES string of the molecule is CCO[C@@H]1O[C@H](CO)[C@H](O)[C@H](O[C@@H]2O[C@H](CO)[C@@H](O[C@@H]3O[C@H](CO)[C@H](O)[C@H](O[C@]4(C(=O)O)C[C@H](O)[C@@H](NC(C)=O)[C@H]([C@@H](O)[C@H](O)CO)O4)[C@H]3O)[C@H](O[C@@H]3OC[C@@H](O)[C@@H](O)[C@@H]3O)[C@H]2NC(C)=O)[C@H]1O. The molecule has 2 amide bonds. The molecule has 5 saturated heterocycles. The Balaban J connectivity index is 1.54. The minimum Gasteiger partial charge on any atom is -0.477 e. The Morgan fingerprint density at radius 3 is 1.72 bits per heavy atom. The fraction of sp³-hybridized carbons (Fsp3) is 0.921. The average Bonchev–Trinajstić information content (AvgIpc) is 3.29. The lowest BCUT2D eigenvalue weighted by molar-refractivity contribution is -0.395. The van der Waals surface area contributed by atoms with Gasteiger partial charge in [-0.1, -0.05) is 0 Å². The quantitative estimate of drug-likeness (QED) is 0.0571. The summed E-state index contributed by atoms with van der Waals surface area (Å²) in [4.78, 5) is 38.0. The molecule has 0 aliphatic carbocycles. The number of rotatable bonds is 19. The van der Waals surface area contributed by atoms with Gasteiger partial charge in [-0.25, -0.2) is 4.79 Å². The van der Waals surface area contributed by atoms with Crippen molar-refractivity contribution in [3.63, 3.8) is 0 Å². The minimum absolute atomic E-state index is 0.0260. The summed E-state index contributed by atoms with van der Waals surface area (Å²) in [5, 5.41) is 165. The van der Waals surface area contributed by atoms with Crippen LogP contribution in [0.1, 0.15) is 27.2 Å². The molecule has 0 aromatic heterocycles. The van der Waals surface area contributed by atoms with E-state index in [1.54, 1.807) is 6.92 Å². The van der Waals surface area contributed by atoms with Gasteiger partial charge in [0.15, 0.2) is 25.2 Å². The number of aliphatic carboxylic acids is 1. The molecule has 5 aliphatic heterocycles. The minimum atomic E-state index is -3.19. The maximum atomic E-state index is 13.1.